The molecule has 118 valence electrons. The van der Waals surface area contributed by atoms with Gasteiger partial charge in [0.2, 0.25) is 0 Å². The van der Waals surface area contributed by atoms with Crippen LogP contribution in [0, 0.1) is 0 Å². The van der Waals surface area contributed by atoms with E-state index in [4.69, 9.17) is 15.2 Å². The van der Waals surface area contributed by atoms with Gasteiger partial charge in [-0.1, -0.05) is 36.7 Å². The Labute approximate surface area is 140 Å². The van der Waals surface area contributed by atoms with Crippen molar-refractivity contribution in [2.45, 2.75) is 32.8 Å². The minimum atomic E-state index is -0.00886. The van der Waals surface area contributed by atoms with Crippen LogP contribution in [-0.2, 0) is 12.0 Å². The second-order valence-electron chi connectivity index (χ2n) is 6.25. The second-order valence-corrected chi connectivity index (χ2v) is 7.17. The standard InChI is InChI=1S/C18H22BrNO2/c1-18(2,3)16-10-13(19)9-12(17(16)21-4)11-22-15-7-5-14(20)6-8-15/h5-10H,11,20H2,1-4H3. The maximum Gasteiger partial charge on any atom is 0.129 e. The van der Waals surface area contributed by atoms with Crippen LogP contribution >= 0.6 is 15.9 Å². The largest absolute Gasteiger partial charge is 0.496 e. The molecule has 0 bridgehead atoms. The van der Waals surface area contributed by atoms with E-state index < -0.39 is 0 Å². The molecule has 0 saturated heterocycles. The zero-order chi connectivity index (χ0) is 16.3. The molecule has 0 aliphatic rings. The number of anilines is 1. The Morgan fingerprint density at radius 3 is 2.27 bits per heavy atom. The molecule has 0 saturated carbocycles. The summed E-state index contributed by atoms with van der Waals surface area (Å²) in [5, 5.41) is 0. The molecule has 4 heteroatoms. The third-order valence-electron chi connectivity index (χ3n) is 3.42. The van der Waals surface area contributed by atoms with Gasteiger partial charge >= 0.3 is 0 Å². The Bertz CT molecular complexity index is 645. The van der Waals surface area contributed by atoms with Crippen LogP contribution in [0.2, 0.25) is 0 Å². The maximum absolute atomic E-state index is 5.86. The van der Waals surface area contributed by atoms with E-state index in [0.717, 1.165) is 32.8 Å². The Morgan fingerprint density at radius 1 is 1.09 bits per heavy atom. The molecule has 0 atom stereocenters. The van der Waals surface area contributed by atoms with Gasteiger partial charge in [0.05, 0.1) is 7.11 Å². The number of rotatable bonds is 4. The minimum Gasteiger partial charge on any atom is -0.496 e. The fourth-order valence-corrected chi connectivity index (χ4v) is 2.79. The van der Waals surface area contributed by atoms with Crippen LogP contribution in [0.4, 0.5) is 5.69 Å². The topological polar surface area (TPSA) is 44.5 Å². The highest BCUT2D eigenvalue weighted by molar-refractivity contribution is 9.10. The normalized spacial score (nSPS) is 11.3. The van der Waals surface area contributed by atoms with Gasteiger partial charge in [0.15, 0.2) is 0 Å². The average molecular weight is 364 g/mol. The maximum atomic E-state index is 5.86. The van der Waals surface area contributed by atoms with E-state index in [1.807, 2.05) is 30.3 Å². The van der Waals surface area contributed by atoms with Crippen LogP contribution in [0.25, 0.3) is 0 Å². The molecule has 22 heavy (non-hydrogen) atoms. The van der Waals surface area contributed by atoms with E-state index in [2.05, 4.69) is 42.8 Å². The molecule has 2 N–H and O–H groups in total. The lowest BCUT2D eigenvalue weighted by molar-refractivity contribution is 0.294. The second kappa shape index (κ2) is 6.61. The van der Waals surface area contributed by atoms with Crippen LogP contribution in [0.5, 0.6) is 11.5 Å². The zero-order valence-electron chi connectivity index (χ0n) is 13.4. The van der Waals surface area contributed by atoms with E-state index in [0.29, 0.717) is 6.61 Å². The molecule has 2 aromatic carbocycles. The lowest BCUT2D eigenvalue weighted by Crippen LogP contribution is -2.14. The number of nitrogen functional groups attached to an aromatic ring is 1. The van der Waals surface area contributed by atoms with Gasteiger partial charge in [0.1, 0.15) is 18.1 Å². The van der Waals surface area contributed by atoms with Gasteiger partial charge in [-0.25, -0.2) is 0 Å². The number of hydrogen-bond acceptors (Lipinski definition) is 3. The van der Waals surface area contributed by atoms with Crippen molar-refractivity contribution in [3.8, 4) is 11.5 Å². The average Bonchev–Trinajstić information content (AvgIpc) is 2.45. The molecule has 0 spiro atoms. The van der Waals surface area contributed by atoms with E-state index in [1.165, 1.54) is 0 Å². The first-order valence-corrected chi connectivity index (χ1v) is 7.96. The Balaban J connectivity index is 2.30. The minimum absolute atomic E-state index is 0.00886. The van der Waals surface area contributed by atoms with Crippen LogP contribution in [0.1, 0.15) is 31.9 Å². The van der Waals surface area contributed by atoms with Crippen molar-refractivity contribution >= 4 is 21.6 Å². The van der Waals surface area contributed by atoms with Gasteiger partial charge in [-0.2, -0.15) is 0 Å². The van der Waals surface area contributed by atoms with Gasteiger partial charge in [0, 0.05) is 21.3 Å². The first-order valence-electron chi connectivity index (χ1n) is 7.16. The van der Waals surface area contributed by atoms with E-state index in [9.17, 15) is 0 Å². The van der Waals surface area contributed by atoms with Crippen molar-refractivity contribution in [2.75, 3.05) is 12.8 Å². The van der Waals surface area contributed by atoms with Crippen LogP contribution in [0.3, 0.4) is 0 Å². The third-order valence-corrected chi connectivity index (χ3v) is 3.88. The summed E-state index contributed by atoms with van der Waals surface area (Å²) >= 11 is 3.58. The Kier molecular flexibility index (Phi) is 5.01. The number of halogens is 1. The summed E-state index contributed by atoms with van der Waals surface area (Å²) in [5.74, 6) is 1.67. The van der Waals surface area contributed by atoms with Crippen LogP contribution in [-0.4, -0.2) is 7.11 Å². The van der Waals surface area contributed by atoms with Gasteiger partial charge in [-0.05, 0) is 41.8 Å². The Morgan fingerprint density at radius 2 is 1.73 bits per heavy atom. The number of methoxy groups -OCH3 is 1. The van der Waals surface area contributed by atoms with Crippen molar-refractivity contribution < 1.29 is 9.47 Å². The highest BCUT2D eigenvalue weighted by Gasteiger charge is 2.22. The van der Waals surface area contributed by atoms with Gasteiger partial charge in [-0.15, -0.1) is 0 Å². The summed E-state index contributed by atoms with van der Waals surface area (Å²) in [5.41, 5.74) is 8.57. The molecule has 0 radical (unpaired) electrons. The van der Waals surface area contributed by atoms with Crippen LogP contribution < -0.4 is 15.2 Å². The van der Waals surface area contributed by atoms with Crippen LogP contribution in [0.15, 0.2) is 40.9 Å². The fraction of sp³-hybridized carbons (Fsp3) is 0.333. The molecule has 3 nitrogen and oxygen atoms in total. The first-order chi connectivity index (χ1) is 10.3. The molecule has 0 fully saturated rings. The van der Waals surface area contributed by atoms with Crippen molar-refractivity contribution in [2.24, 2.45) is 0 Å². The quantitative estimate of drug-likeness (QED) is 0.784. The SMILES string of the molecule is COc1c(COc2ccc(N)cc2)cc(Br)cc1C(C)(C)C. The number of nitrogens with two attached hydrogens (primary N) is 1. The summed E-state index contributed by atoms with van der Waals surface area (Å²) < 4.78 is 12.5. The van der Waals surface area contributed by atoms with E-state index >= 15 is 0 Å². The predicted molar refractivity (Wildman–Crippen MR) is 94.6 cm³/mol. The van der Waals surface area contributed by atoms with Gasteiger partial charge < -0.3 is 15.2 Å². The smallest absolute Gasteiger partial charge is 0.129 e. The summed E-state index contributed by atoms with van der Waals surface area (Å²) in [7, 11) is 1.70. The number of hydrogen-bond donors (Lipinski definition) is 1. The van der Waals surface area contributed by atoms with Gasteiger partial charge in [-0.3, -0.25) is 0 Å². The molecule has 0 aliphatic carbocycles. The lowest BCUT2D eigenvalue weighted by Gasteiger charge is -2.24. The van der Waals surface area contributed by atoms with Crippen molar-refractivity contribution in [3.05, 3.63) is 52.0 Å². The highest BCUT2D eigenvalue weighted by atomic mass is 79.9. The molecule has 0 unspecified atom stereocenters. The molecule has 0 aromatic heterocycles. The monoisotopic (exact) mass is 363 g/mol. The molecular weight excluding hydrogens is 342 g/mol. The fourth-order valence-electron chi connectivity index (χ4n) is 2.28. The molecule has 2 aromatic rings. The zero-order valence-corrected chi connectivity index (χ0v) is 15.0. The number of ether oxygens (including phenoxy) is 2. The molecule has 2 rings (SSSR count). The van der Waals surface area contributed by atoms with E-state index in [1.54, 1.807) is 7.11 Å². The summed E-state index contributed by atoms with van der Waals surface area (Å²) in [6, 6.07) is 11.5. The summed E-state index contributed by atoms with van der Waals surface area (Å²) in [6.45, 7) is 6.95. The first kappa shape index (κ1) is 16.7. The highest BCUT2D eigenvalue weighted by Crippen LogP contribution is 2.37. The molecular formula is C18H22BrNO2. The third kappa shape index (κ3) is 3.95. The van der Waals surface area contributed by atoms with Crippen molar-refractivity contribution in [1.29, 1.82) is 0 Å². The summed E-state index contributed by atoms with van der Waals surface area (Å²) in [4.78, 5) is 0. The van der Waals surface area contributed by atoms with Gasteiger partial charge in [0.25, 0.3) is 0 Å². The Hall–Kier alpha value is -1.68. The molecule has 0 amide bonds. The molecule has 0 aliphatic heterocycles. The van der Waals surface area contributed by atoms with Crippen molar-refractivity contribution in [1.82, 2.24) is 0 Å². The number of benzene rings is 2. The van der Waals surface area contributed by atoms with E-state index in [-0.39, 0.29) is 5.41 Å². The molecule has 0 heterocycles. The summed E-state index contributed by atoms with van der Waals surface area (Å²) in [6.07, 6.45) is 0. The lowest BCUT2D eigenvalue weighted by atomic mass is 9.85. The predicted octanol–water partition coefficient (Wildman–Crippen LogP) is 4.92. The van der Waals surface area contributed by atoms with Crippen molar-refractivity contribution in [3.63, 3.8) is 0 Å².